The van der Waals surface area contributed by atoms with Crippen molar-refractivity contribution in [1.29, 1.82) is 0 Å². The lowest BCUT2D eigenvalue weighted by atomic mass is 9.63. The Morgan fingerprint density at radius 2 is 1.64 bits per heavy atom. The van der Waals surface area contributed by atoms with E-state index in [1.165, 1.54) is 24.3 Å². The van der Waals surface area contributed by atoms with Crippen molar-refractivity contribution in [2.24, 2.45) is 5.41 Å². The van der Waals surface area contributed by atoms with E-state index in [1.807, 2.05) is 13.8 Å². The first-order chi connectivity index (χ1) is 15.4. The Morgan fingerprint density at radius 1 is 0.970 bits per heavy atom. The van der Waals surface area contributed by atoms with Crippen LogP contribution in [0.4, 0.5) is 11.4 Å². The maximum absolute atomic E-state index is 14.0. The summed E-state index contributed by atoms with van der Waals surface area (Å²) in [5.74, 6) is -0.269. The number of nitro groups is 1. The summed E-state index contributed by atoms with van der Waals surface area (Å²) in [6.45, 7) is 6.20. The molecule has 2 atom stereocenters. The number of carbonyl (C=O) groups excluding carboxylic acids is 1. The molecule has 10 heteroatoms. The Morgan fingerprint density at radius 3 is 2.33 bits per heavy atom. The Kier molecular flexibility index (Phi) is 4.74. The van der Waals surface area contributed by atoms with Gasteiger partial charge >= 0.3 is 0 Å². The topological polar surface area (TPSA) is 98.0 Å². The maximum atomic E-state index is 14.0. The Hall–Kier alpha value is -2.48. The monoisotopic (exact) mass is 504 g/mol. The highest BCUT2D eigenvalue weighted by Crippen LogP contribution is 2.70. The number of carbonyl (C=O) groups is 1. The number of aromatic nitrogens is 2. The molecule has 7 nitrogen and oxygen atoms in total. The second kappa shape index (κ2) is 7.01. The molecular formula is C23H19Cl3N4O3. The molecule has 1 amide bonds. The fraction of sp³-hybridized carbons (Fsp3) is 0.348. The molecule has 2 bridgehead atoms. The summed E-state index contributed by atoms with van der Waals surface area (Å²) in [5.41, 5.74) is 0.611. The lowest BCUT2D eigenvalue weighted by Crippen LogP contribution is -2.48. The summed E-state index contributed by atoms with van der Waals surface area (Å²) in [7, 11) is 0. The third kappa shape index (κ3) is 2.79. The smallest absolute Gasteiger partial charge is 0.271 e. The van der Waals surface area contributed by atoms with Gasteiger partial charge in [0.15, 0.2) is 0 Å². The molecule has 170 valence electrons. The van der Waals surface area contributed by atoms with Crippen LogP contribution in [0.1, 0.15) is 45.0 Å². The number of nitrogens with one attached hydrogen (secondary N) is 1. The maximum Gasteiger partial charge on any atom is 0.271 e. The van der Waals surface area contributed by atoms with Gasteiger partial charge in [-0.1, -0.05) is 55.6 Å². The average molecular weight is 506 g/mol. The van der Waals surface area contributed by atoms with Crippen molar-refractivity contribution in [3.8, 4) is 0 Å². The highest BCUT2D eigenvalue weighted by Gasteiger charge is 2.73. The molecular weight excluding hydrogens is 487 g/mol. The first-order valence-corrected chi connectivity index (χ1v) is 11.5. The van der Waals surface area contributed by atoms with E-state index in [9.17, 15) is 14.9 Å². The molecule has 0 saturated heterocycles. The molecule has 1 aromatic heterocycles. The molecule has 0 spiro atoms. The van der Waals surface area contributed by atoms with Crippen molar-refractivity contribution < 1.29 is 9.72 Å². The van der Waals surface area contributed by atoms with Crippen LogP contribution < -0.4 is 5.32 Å². The predicted octanol–water partition coefficient (Wildman–Crippen LogP) is 6.47. The van der Waals surface area contributed by atoms with Crippen LogP contribution in [0.3, 0.4) is 0 Å². The number of hydrogen-bond acceptors (Lipinski definition) is 5. The summed E-state index contributed by atoms with van der Waals surface area (Å²) >= 11 is 18.5. The SMILES string of the molecule is CC12CCC(C(=O)Nc3cc(Cl)c(Cl)cc3Cl)(c3nc4cc([N+](=O)[O-])ccc4nc31)C2(C)C. The number of rotatable bonds is 3. The van der Waals surface area contributed by atoms with E-state index in [-0.39, 0.29) is 26.7 Å². The third-order valence-electron chi connectivity index (χ3n) is 7.88. The first-order valence-electron chi connectivity index (χ1n) is 10.4. The lowest BCUT2D eigenvalue weighted by Gasteiger charge is -2.39. The number of nitrogens with zero attached hydrogens (tertiary/aromatic N) is 3. The minimum Gasteiger partial charge on any atom is -0.324 e. The van der Waals surface area contributed by atoms with Gasteiger partial charge in [-0.15, -0.1) is 0 Å². The molecule has 33 heavy (non-hydrogen) atoms. The quantitative estimate of drug-likeness (QED) is 0.250. The van der Waals surface area contributed by atoms with E-state index < -0.39 is 21.2 Å². The highest BCUT2D eigenvalue weighted by atomic mass is 35.5. The molecule has 2 aliphatic carbocycles. The van der Waals surface area contributed by atoms with E-state index in [0.717, 1.165) is 12.1 Å². The molecule has 0 radical (unpaired) electrons. The van der Waals surface area contributed by atoms with Gasteiger partial charge in [-0.25, -0.2) is 9.97 Å². The lowest BCUT2D eigenvalue weighted by molar-refractivity contribution is -0.384. The molecule has 3 aromatic rings. The summed E-state index contributed by atoms with van der Waals surface area (Å²) in [6.07, 6.45) is 1.31. The van der Waals surface area contributed by atoms with E-state index in [0.29, 0.717) is 28.8 Å². The normalized spacial score (nSPS) is 24.7. The number of halogens is 3. The van der Waals surface area contributed by atoms with Crippen molar-refractivity contribution in [1.82, 2.24) is 9.97 Å². The van der Waals surface area contributed by atoms with Crippen molar-refractivity contribution in [3.63, 3.8) is 0 Å². The molecule has 1 fully saturated rings. The van der Waals surface area contributed by atoms with Gasteiger partial charge in [0.25, 0.3) is 5.69 Å². The van der Waals surface area contributed by atoms with Gasteiger partial charge in [-0.2, -0.15) is 0 Å². The van der Waals surface area contributed by atoms with Crippen LogP contribution in [0.15, 0.2) is 30.3 Å². The molecule has 0 aliphatic heterocycles. The number of amides is 1. The standard InChI is InChI=1S/C23H19Cl3N4O3/c1-21(2)22(3)6-7-23(21,20(31)29-16-10-13(25)12(24)9-14(16)26)19-18(22)27-15-5-4-11(30(32)33)8-17(15)28-19/h4-5,8-10H,6-7H2,1-3H3,(H,29,31). The number of hydrogen-bond donors (Lipinski definition) is 1. The average Bonchev–Trinajstić information content (AvgIpc) is 3.05. The zero-order valence-corrected chi connectivity index (χ0v) is 20.3. The number of benzene rings is 2. The summed E-state index contributed by atoms with van der Waals surface area (Å²) in [6, 6.07) is 7.42. The van der Waals surface area contributed by atoms with Gasteiger partial charge in [0, 0.05) is 17.5 Å². The van der Waals surface area contributed by atoms with Gasteiger partial charge in [-0.05, 0) is 36.5 Å². The van der Waals surface area contributed by atoms with Crippen molar-refractivity contribution in [3.05, 3.63) is 66.9 Å². The van der Waals surface area contributed by atoms with Crippen LogP contribution in [-0.2, 0) is 15.6 Å². The zero-order valence-electron chi connectivity index (χ0n) is 18.0. The van der Waals surface area contributed by atoms with Crippen molar-refractivity contribution >= 4 is 63.1 Å². The zero-order chi connectivity index (χ0) is 23.9. The van der Waals surface area contributed by atoms with E-state index >= 15 is 0 Å². The molecule has 1 saturated carbocycles. The summed E-state index contributed by atoms with van der Waals surface area (Å²) in [4.78, 5) is 34.4. The molecule has 2 unspecified atom stereocenters. The molecule has 2 aliphatic rings. The number of anilines is 1. The first kappa shape index (κ1) is 22.3. The Bertz CT molecular complexity index is 1390. The highest BCUT2D eigenvalue weighted by molar-refractivity contribution is 6.44. The van der Waals surface area contributed by atoms with Gasteiger partial charge < -0.3 is 5.32 Å². The van der Waals surface area contributed by atoms with Crippen molar-refractivity contribution in [2.75, 3.05) is 5.32 Å². The van der Waals surface area contributed by atoms with Crippen LogP contribution in [-0.4, -0.2) is 20.8 Å². The van der Waals surface area contributed by atoms with Gasteiger partial charge in [-0.3, -0.25) is 14.9 Å². The number of fused-ring (bicyclic) bond motifs is 6. The largest absolute Gasteiger partial charge is 0.324 e. The Balaban J connectivity index is 1.69. The molecule has 2 aromatic carbocycles. The summed E-state index contributed by atoms with van der Waals surface area (Å²) in [5, 5.41) is 15.0. The summed E-state index contributed by atoms with van der Waals surface area (Å²) < 4.78 is 0. The van der Waals surface area contributed by atoms with Gasteiger partial charge in [0.1, 0.15) is 0 Å². The van der Waals surface area contributed by atoms with E-state index in [2.05, 4.69) is 12.2 Å². The fourth-order valence-corrected chi connectivity index (χ4v) is 6.15. The molecule has 1 N–H and O–H groups in total. The number of non-ortho nitro benzene ring substituents is 1. The minimum atomic E-state index is -1.00. The molecule has 5 rings (SSSR count). The van der Waals surface area contributed by atoms with Crippen molar-refractivity contribution in [2.45, 2.75) is 44.4 Å². The predicted molar refractivity (Wildman–Crippen MR) is 128 cm³/mol. The van der Waals surface area contributed by atoms with Crippen LogP contribution in [0.5, 0.6) is 0 Å². The van der Waals surface area contributed by atoms with Crippen LogP contribution >= 0.6 is 34.8 Å². The van der Waals surface area contributed by atoms with Crippen LogP contribution in [0.2, 0.25) is 15.1 Å². The third-order valence-corrected chi connectivity index (χ3v) is 8.91. The van der Waals surface area contributed by atoms with E-state index in [1.54, 1.807) is 6.07 Å². The second-order valence-corrected chi connectivity index (χ2v) is 10.6. The van der Waals surface area contributed by atoms with Crippen LogP contribution in [0.25, 0.3) is 11.0 Å². The molecule has 1 heterocycles. The van der Waals surface area contributed by atoms with E-state index in [4.69, 9.17) is 44.8 Å². The van der Waals surface area contributed by atoms with Gasteiger partial charge in [0.05, 0.1) is 53.5 Å². The fourth-order valence-electron chi connectivity index (χ4n) is 5.55. The number of nitro benzene ring substituents is 1. The van der Waals surface area contributed by atoms with Crippen LogP contribution in [0, 0.1) is 15.5 Å². The Labute approximate surface area is 204 Å². The van der Waals surface area contributed by atoms with Gasteiger partial charge in [0.2, 0.25) is 5.91 Å². The minimum absolute atomic E-state index is 0.0773. The second-order valence-electron chi connectivity index (χ2n) is 9.41.